The minimum atomic E-state index is -0.565. The fraction of sp³-hybridized carbons (Fsp3) is 0.824. The number of hydrogen-bond acceptors (Lipinski definition) is 6. The van der Waals surface area contributed by atoms with E-state index in [2.05, 4.69) is 15.5 Å². The summed E-state index contributed by atoms with van der Waals surface area (Å²) in [5.74, 6) is 1.37. The van der Waals surface area contributed by atoms with Crippen LogP contribution >= 0.6 is 0 Å². The van der Waals surface area contributed by atoms with Crippen molar-refractivity contribution in [3.05, 3.63) is 11.7 Å². The highest BCUT2D eigenvalue weighted by Crippen LogP contribution is 2.62. The van der Waals surface area contributed by atoms with Gasteiger partial charge in [-0.15, -0.1) is 0 Å². The van der Waals surface area contributed by atoms with Crippen molar-refractivity contribution in [3.8, 4) is 0 Å². The third-order valence-electron chi connectivity index (χ3n) is 6.68. The van der Waals surface area contributed by atoms with Gasteiger partial charge in [-0.3, -0.25) is 0 Å². The maximum absolute atomic E-state index is 13.0. The summed E-state index contributed by atoms with van der Waals surface area (Å²) in [5.41, 5.74) is 0.145. The molecule has 2 aliphatic carbocycles. The number of rotatable bonds is 2. The van der Waals surface area contributed by atoms with Crippen LogP contribution in [0.3, 0.4) is 0 Å². The maximum atomic E-state index is 13.0. The van der Waals surface area contributed by atoms with E-state index >= 15 is 0 Å². The highest BCUT2D eigenvalue weighted by atomic mass is 16.5. The quantitative estimate of drug-likeness (QED) is 0.832. The van der Waals surface area contributed by atoms with Crippen LogP contribution < -0.4 is 5.32 Å². The van der Waals surface area contributed by atoms with Gasteiger partial charge < -0.3 is 24.6 Å². The van der Waals surface area contributed by atoms with Gasteiger partial charge in [0.05, 0.1) is 12.2 Å². The predicted molar refractivity (Wildman–Crippen MR) is 85.6 cm³/mol. The van der Waals surface area contributed by atoms with E-state index in [-0.39, 0.29) is 23.5 Å². The standard InChI is InChI=1S/C17H24N4O4/c1-9-18-15(25-20-9)12-7-10(22)8-21(12)16(23)19-13-11-3-6-24-14(11)17(13)4-2-5-17/h10-14,22H,2-8H2,1H3,(H,19,23)/t10-,11?,12+,13?,14?/m0/s1. The second-order valence-corrected chi connectivity index (χ2v) is 8.00. The third-order valence-corrected chi connectivity index (χ3v) is 6.68. The van der Waals surface area contributed by atoms with Crippen molar-refractivity contribution in [2.45, 2.75) is 63.3 Å². The van der Waals surface area contributed by atoms with E-state index < -0.39 is 6.10 Å². The van der Waals surface area contributed by atoms with Crippen molar-refractivity contribution in [1.82, 2.24) is 20.4 Å². The molecule has 2 saturated heterocycles. The normalized spacial score (nSPS) is 38.3. The summed E-state index contributed by atoms with van der Waals surface area (Å²) >= 11 is 0. The van der Waals surface area contributed by atoms with Crippen molar-refractivity contribution in [3.63, 3.8) is 0 Å². The number of fused-ring (bicyclic) bond motifs is 2. The molecule has 5 atom stereocenters. The third kappa shape index (κ3) is 2.16. The number of aliphatic hydroxyl groups excluding tert-OH is 1. The minimum absolute atomic E-state index is 0.140. The molecule has 1 spiro atoms. The van der Waals surface area contributed by atoms with E-state index in [1.807, 2.05) is 0 Å². The topological polar surface area (TPSA) is 101 Å². The molecule has 1 aromatic rings. The van der Waals surface area contributed by atoms with Crippen LogP contribution in [0.4, 0.5) is 4.79 Å². The average molecular weight is 348 g/mol. The molecule has 0 radical (unpaired) electrons. The Bertz CT molecular complexity index is 688. The lowest BCUT2D eigenvalue weighted by molar-refractivity contribution is -0.172. The molecular weight excluding hydrogens is 324 g/mol. The Hall–Kier alpha value is -1.67. The molecule has 136 valence electrons. The largest absolute Gasteiger partial charge is 0.391 e. The van der Waals surface area contributed by atoms with Gasteiger partial charge in [-0.2, -0.15) is 4.98 Å². The molecular formula is C17H24N4O4. The molecule has 4 fully saturated rings. The molecule has 25 heavy (non-hydrogen) atoms. The Morgan fingerprint density at radius 2 is 2.28 bits per heavy atom. The highest BCUT2D eigenvalue weighted by Gasteiger charge is 2.67. The van der Waals surface area contributed by atoms with Crippen LogP contribution in [0.5, 0.6) is 0 Å². The Labute approximate surface area is 145 Å². The molecule has 2 saturated carbocycles. The van der Waals surface area contributed by atoms with Crippen LogP contribution in [0.25, 0.3) is 0 Å². The van der Waals surface area contributed by atoms with Gasteiger partial charge in [-0.25, -0.2) is 4.79 Å². The minimum Gasteiger partial charge on any atom is -0.391 e. The summed E-state index contributed by atoms with van der Waals surface area (Å²) in [5, 5.41) is 17.1. The maximum Gasteiger partial charge on any atom is 0.318 e. The highest BCUT2D eigenvalue weighted by molar-refractivity contribution is 5.76. The van der Waals surface area contributed by atoms with Crippen LogP contribution in [-0.2, 0) is 4.74 Å². The number of ether oxygens (including phenoxy) is 1. The number of carbonyl (C=O) groups is 1. The zero-order valence-electron chi connectivity index (χ0n) is 14.4. The summed E-state index contributed by atoms with van der Waals surface area (Å²) in [6.45, 7) is 2.84. The Kier molecular flexibility index (Phi) is 3.37. The molecule has 4 aliphatic rings. The van der Waals surface area contributed by atoms with Gasteiger partial charge in [0.15, 0.2) is 5.82 Å². The van der Waals surface area contributed by atoms with E-state index in [1.54, 1.807) is 11.8 Å². The number of β-amino-alcohol motifs (C(OH)–C–C–N with tert-alkyl or cyclic N) is 1. The van der Waals surface area contributed by atoms with Gasteiger partial charge in [0.1, 0.15) is 6.04 Å². The first-order chi connectivity index (χ1) is 12.1. The van der Waals surface area contributed by atoms with E-state index in [1.165, 1.54) is 6.42 Å². The van der Waals surface area contributed by atoms with Gasteiger partial charge in [0.25, 0.3) is 0 Å². The molecule has 8 nitrogen and oxygen atoms in total. The van der Waals surface area contributed by atoms with E-state index in [9.17, 15) is 9.90 Å². The number of carbonyl (C=O) groups excluding carboxylic acids is 1. The predicted octanol–water partition coefficient (Wildman–Crippen LogP) is 1.15. The van der Waals surface area contributed by atoms with Crippen LogP contribution in [-0.4, -0.2) is 57.6 Å². The molecule has 0 aromatic carbocycles. The monoisotopic (exact) mass is 348 g/mol. The lowest BCUT2D eigenvalue weighted by Gasteiger charge is -2.63. The molecule has 3 heterocycles. The van der Waals surface area contributed by atoms with Crippen LogP contribution in [0.15, 0.2) is 4.52 Å². The average Bonchev–Trinajstić information content (AvgIpc) is 3.22. The summed E-state index contributed by atoms with van der Waals surface area (Å²) in [4.78, 5) is 18.9. The van der Waals surface area contributed by atoms with Gasteiger partial charge in [-0.05, 0) is 26.2 Å². The van der Waals surface area contributed by atoms with E-state index in [0.29, 0.717) is 36.7 Å². The number of hydrogen-bond donors (Lipinski definition) is 2. The summed E-state index contributed by atoms with van der Waals surface area (Å²) < 4.78 is 11.2. The van der Waals surface area contributed by atoms with Crippen LogP contribution in [0, 0.1) is 18.3 Å². The molecule has 0 bridgehead atoms. The fourth-order valence-electron chi connectivity index (χ4n) is 5.39. The zero-order chi connectivity index (χ0) is 17.2. The molecule has 2 aliphatic heterocycles. The summed E-state index contributed by atoms with van der Waals surface area (Å²) in [6.07, 6.45) is 4.69. The van der Waals surface area contributed by atoms with Crippen molar-refractivity contribution in [2.24, 2.45) is 11.3 Å². The van der Waals surface area contributed by atoms with Crippen LogP contribution in [0.1, 0.15) is 49.9 Å². The summed E-state index contributed by atoms with van der Waals surface area (Å²) in [6, 6.07) is -0.313. The Morgan fingerprint density at radius 3 is 2.96 bits per heavy atom. The van der Waals surface area contributed by atoms with Crippen molar-refractivity contribution in [1.29, 1.82) is 0 Å². The Balaban J connectivity index is 1.33. The van der Waals surface area contributed by atoms with Gasteiger partial charge in [0, 0.05) is 36.9 Å². The Morgan fingerprint density at radius 1 is 1.44 bits per heavy atom. The molecule has 2 amide bonds. The molecule has 5 rings (SSSR count). The first-order valence-electron chi connectivity index (χ1n) is 9.25. The second kappa shape index (κ2) is 5.41. The summed E-state index contributed by atoms with van der Waals surface area (Å²) in [7, 11) is 0. The zero-order valence-corrected chi connectivity index (χ0v) is 14.4. The number of amides is 2. The number of aromatic nitrogens is 2. The van der Waals surface area contributed by atoms with E-state index in [4.69, 9.17) is 9.26 Å². The fourth-order valence-corrected chi connectivity index (χ4v) is 5.39. The smallest absolute Gasteiger partial charge is 0.318 e. The molecule has 2 N–H and O–H groups in total. The number of likely N-dealkylation sites (tertiary alicyclic amines) is 1. The van der Waals surface area contributed by atoms with Crippen molar-refractivity contribution in [2.75, 3.05) is 13.2 Å². The number of nitrogens with zero attached hydrogens (tertiary/aromatic N) is 3. The van der Waals surface area contributed by atoms with Gasteiger partial charge >= 0.3 is 6.03 Å². The van der Waals surface area contributed by atoms with E-state index in [0.717, 1.165) is 25.9 Å². The number of aryl methyl sites for hydroxylation is 1. The van der Waals surface area contributed by atoms with Gasteiger partial charge in [0.2, 0.25) is 5.89 Å². The number of aliphatic hydroxyl groups is 1. The number of nitrogens with one attached hydrogen (secondary N) is 1. The second-order valence-electron chi connectivity index (χ2n) is 8.00. The molecule has 3 unspecified atom stereocenters. The molecule has 1 aromatic heterocycles. The lowest BCUT2D eigenvalue weighted by atomic mass is 9.46. The number of urea groups is 1. The van der Waals surface area contributed by atoms with Crippen molar-refractivity contribution < 1.29 is 19.2 Å². The SMILES string of the molecule is Cc1noc([C@H]2C[C@H](O)CN2C(=O)NC2C3CCOC3C23CCC3)n1. The van der Waals surface area contributed by atoms with Crippen molar-refractivity contribution >= 4 is 6.03 Å². The lowest BCUT2D eigenvalue weighted by Crippen LogP contribution is -2.72. The first kappa shape index (κ1) is 15.6. The van der Waals surface area contributed by atoms with Gasteiger partial charge in [-0.1, -0.05) is 11.6 Å². The first-order valence-corrected chi connectivity index (χ1v) is 9.25. The van der Waals surface area contributed by atoms with Crippen LogP contribution in [0.2, 0.25) is 0 Å². The molecule has 8 heteroatoms.